The molecule has 31 heavy (non-hydrogen) atoms. The summed E-state index contributed by atoms with van der Waals surface area (Å²) in [5, 5.41) is 3.01. The molecule has 2 amide bonds. The van der Waals surface area contributed by atoms with E-state index < -0.39 is 0 Å². The number of carbonyl (C=O) groups is 2. The summed E-state index contributed by atoms with van der Waals surface area (Å²) in [6, 6.07) is 15.6. The Kier molecular flexibility index (Phi) is 6.87. The average molecular weight is 421 g/mol. The standard InChI is InChI=1S/C25H28N2O4/c28-24(10-8-19-7-9-22-23(17-19)31-16-4-15-30-22)27-13-11-21(12-14-27)25(29)26-18-20-5-2-1-3-6-20/h1-3,5-10,17,21H,4,11-16,18H2,(H,26,29)/b10-8+. The number of amides is 2. The van der Waals surface area contributed by atoms with E-state index in [0.717, 1.165) is 29.0 Å². The predicted octanol–water partition coefficient (Wildman–Crippen LogP) is 3.42. The topological polar surface area (TPSA) is 67.9 Å². The molecule has 0 bridgehead atoms. The molecule has 0 radical (unpaired) electrons. The molecular formula is C25H28N2O4. The summed E-state index contributed by atoms with van der Waals surface area (Å²) in [6.07, 6.45) is 5.62. The van der Waals surface area contributed by atoms with Crippen LogP contribution in [0.3, 0.4) is 0 Å². The molecule has 1 fully saturated rings. The van der Waals surface area contributed by atoms with E-state index in [2.05, 4.69) is 5.32 Å². The fourth-order valence-corrected chi connectivity index (χ4v) is 3.85. The molecule has 2 aromatic rings. The number of nitrogens with one attached hydrogen (secondary N) is 1. The molecule has 1 N–H and O–H groups in total. The van der Waals surface area contributed by atoms with Gasteiger partial charge in [0.25, 0.3) is 0 Å². The summed E-state index contributed by atoms with van der Waals surface area (Å²) in [6.45, 7) is 3.01. The maximum atomic E-state index is 12.6. The molecular weight excluding hydrogens is 392 g/mol. The van der Waals surface area contributed by atoms with Crippen LogP contribution in [0.25, 0.3) is 6.08 Å². The van der Waals surface area contributed by atoms with Crippen molar-refractivity contribution in [3.05, 3.63) is 65.7 Å². The summed E-state index contributed by atoms with van der Waals surface area (Å²) in [7, 11) is 0. The highest BCUT2D eigenvalue weighted by Crippen LogP contribution is 2.30. The zero-order chi connectivity index (χ0) is 21.5. The molecule has 0 aliphatic carbocycles. The molecule has 6 heteroatoms. The van der Waals surface area contributed by atoms with Gasteiger partial charge in [-0.25, -0.2) is 0 Å². The largest absolute Gasteiger partial charge is 0.490 e. The molecule has 0 unspecified atom stereocenters. The fraction of sp³-hybridized carbons (Fsp3) is 0.360. The molecule has 0 saturated carbocycles. The van der Waals surface area contributed by atoms with Crippen molar-refractivity contribution in [3.63, 3.8) is 0 Å². The van der Waals surface area contributed by atoms with E-state index in [1.807, 2.05) is 48.5 Å². The van der Waals surface area contributed by atoms with Gasteiger partial charge in [-0.1, -0.05) is 36.4 Å². The second-order valence-electron chi connectivity index (χ2n) is 7.89. The summed E-state index contributed by atoms with van der Waals surface area (Å²) in [5.74, 6) is 1.45. The van der Waals surface area contributed by atoms with Crippen molar-refractivity contribution in [1.82, 2.24) is 10.2 Å². The van der Waals surface area contributed by atoms with Crippen molar-refractivity contribution < 1.29 is 19.1 Å². The molecule has 0 spiro atoms. The first-order valence-corrected chi connectivity index (χ1v) is 10.9. The van der Waals surface area contributed by atoms with Gasteiger partial charge in [0.15, 0.2) is 11.5 Å². The van der Waals surface area contributed by atoms with Gasteiger partial charge in [-0.3, -0.25) is 9.59 Å². The third kappa shape index (κ3) is 5.66. The van der Waals surface area contributed by atoms with Gasteiger partial charge < -0.3 is 19.7 Å². The van der Waals surface area contributed by atoms with Crippen LogP contribution in [0.15, 0.2) is 54.6 Å². The summed E-state index contributed by atoms with van der Waals surface area (Å²) in [4.78, 5) is 26.8. The molecule has 2 aliphatic rings. The minimum Gasteiger partial charge on any atom is -0.490 e. The van der Waals surface area contributed by atoms with Gasteiger partial charge in [0.2, 0.25) is 11.8 Å². The van der Waals surface area contributed by atoms with Crippen molar-refractivity contribution in [2.45, 2.75) is 25.8 Å². The molecule has 0 atom stereocenters. The SMILES string of the molecule is O=C(NCc1ccccc1)C1CCN(C(=O)/C=C/c2ccc3c(c2)OCCCO3)CC1. The first-order chi connectivity index (χ1) is 15.2. The van der Waals surface area contributed by atoms with Gasteiger partial charge >= 0.3 is 0 Å². The van der Waals surface area contributed by atoms with Crippen LogP contribution in [0.2, 0.25) is 0 Å². The third-order valence-electron chi connectivity index (χ3n) is 5.68. The molecule has 162 valence electrons. The lowest BCUT2D eigenvalue weighted by molar-refractivity contribution is -0.132. The van der Waals surface area contributed by atoms with Crippen molar-refractivity contribution in [2.24, 2.45) is 5.92 Å². The lowest BCUT2D eigenvalue weighted by atomic mass is 9.95. The molecule has 0 aromatic heterocycles. The Hall–Kier alpha value is -3.28. The van der Waals surface area contributed by atoms with Gasteiger partial charge in [0, 0.05) is 38.0 Å². The number of nitrogens with zero attached hydrogens (tertiary/aromatic N) is 1. The Morgan fingerprint density at radius 2 is 1.74 bits per heavy atom. The number of hydrogen-bond donors (Lipinski definition) is 1. The first-order valence-electron chi connectivity index (χ1n) is 10.9. The quantitative estimate of drug-likeness (QED) is 0.753. The number of piperidine rings is 1. The Bertz CT molecular complexity index is 934. The number of hydrogen-bond acceptors (Lipinski definition) is 4. The van der Waals surface area contributed by atoms with Crippen LogP contribution in [0.5, 0.6) is 11.5 Å². The maximum Gasteiger partial charge on any atom is 0.246 e. The number of rotatable bonds is 5. The molecule has 4 rings (SSSR count). The van der Waals surface area contributed by atoms with Crippen LogP contribution in [0.4, 0.5) is 0 Å². The van der Waals surface area contributed by atoms with E-state index in [1.54, 1.807) is 17.1 Å². The van der Waals surface area contributed by atoms with E-state index in [4.69, 9.17) is 9.47 Å². The van der Waals surface area contributed by atoms with E-state index in [-0.39, 0.29) is 17.7 Å². The van der Waals surface area contributed by atoms with Crippen LogP contribution in [-0.2, 0) is 16.1 Å². The molecule has 2 aromatic carbocycles. The Labute approximate surface area is 182 Å². The average Bonchev–Trinajstić information content (AvgIpc) is 3.07. The maximum absolute atomic E-state index is 12.6. The highest BCUT2D eigenvalue weighted by Gasteiger charge is 2.26. The zero-order valence-electron chi connectivity index (χ0n) is 17.6. The smallest absolute Gasteiger partial charge is 0.246 e. The van der Waals surface area contributed by atoms with E-state index in [0.29, 0.717) is 45.7 Å². The Morgan fingerprint density at radius 1 is 1.00 bits per heavy atom. The van der Waals surface area contributed by atoms with Crippen molar-refractivity contribution in [2.75, 3.05) is 26.3 Å². The van der Waals surface area contributed by atoms with Crippen molar-refractivity contribution >= 4 is 17.9 Å². The monoisotopic (exact) mass is 420 g/mol. The third-order valence-corrected chi connectivity index (χ3v) is 5.68. The number of carbonyl (C=O) groups excluding carboxylic acids is 2. The summed E-state index contributed by atoms with van der Waals surface area (Å²) in [5.41, 5.74) is 1.98. The first kappa shape index (κ1) is 21.0. The second-order valence-corrected chi connectivity index (χ2v) is 7.89. The normalized spacial score (nSPS) is 16.7. The van der Waals surface area contributed by atoms with Crippen molar-refractivity contribution in [1.29, 1.82) is 0 Å². The van der Waals surface area contributed by atoms with Crippen molar-refractivity contribution in [3.8, 4) is 11.5 Å². The Balaban J connectivity index is 1.25. The van der Waals surface area contributed by atoms with Crippen LogP contribution in [0, 0.1) is 5.92 Å². The minimum atomic E-state index is -0.0431. The molecule has 2 heterocycles. The van der Waals surface area contributed by atoms with Gasteiger partial charge in [-0.2, -0.15) is 0 Å². The zero-order valence-corrected chi connectivity index (χ0v) is 17.6. The lowest BCUT2D eigenvalue weighted by Gasteiger charge is -2.30. The fourth-order valence-electron chi connectivity index (χ4n) is 3.85. The number of fused-ring (bicyclic) bond motifs is 1. The van der Waals surface area contributed by atoms with E-state index in [1.165, 1.54) is 0 Å². The number of benzene rings is 2. The highest BCUT2D eigenvalue weighted by molar-refractivity contribution is 5.92. The van der Waals surface area contributed by atoms with Crippen LogP contribution < -0.4 is 14.8 Å². The lowest BCUT2D eigenvalue weighted by Crippen LogP contribution is -2.42. The van der Waals surface area contributed by atoms with Gasteiger partial charge in [0.05, 0.1) is 13.2 Å². The summed E-state index contributed by atoms with van der Waals surface area (Å²) >= 11 is 0. The van der Waals surface area contributed by atoms with Crippen LogP contribution >= 0.6 is 0 Å². The van der Waals surface area contributed by atoms with Gasteiger partial charge in [-0.05, 0) is 42.2 Å². The van der Waals surface area contributed by atoms with Gasteiger partial charge in [-0.15, -0.1) is 0 Å². The van der Waals surface area contributed by atoms with Crippen LogP contribution in [-0.4, -0.2) is 43.0 Å². The predicted molar refractivity (Wildman–Crippen MR) is 119 cm³/mol. The molecule has 1 saturated heterocycles. The minimum absolute atomic E-state index is 0.0322. The number of likely N-dealkylation sites (tertiary alicyclic amines) is 1. The highest BCUT2D eigenvalue weighted by atomic mass is 16.5. The Morgan fingerprint density at radius 3 is 2.52 bits per heavy atom. The molecule has 6 nitrogen and oxygen atoms in total. The molecule has 2 aliphatic heterocycles. The van der Waals surface area contributed by atoms with Crippen LogP contribution in [0.1, 0.15) is 30.4 Å². The van der Waals surface area contributed by atoms with E-state index >= 15 is 0 Å². The van der Waals surface area contributed by atoms with E-state index in [9.17, 15) is 9.59 Å². The summed E-state index contributed by atoms with van der Waals surface area (Å²) < 4.78 is 11.3. The number of ether oxygens (including phenoxy) is 2. The van der Waals surface area contributed by atoms with Gasteiger partial charge in [0.1, 0.15) is 0 Å². The second kappa shape index (κ2) is 10.2.